The van der Waals surface area contributed by atoms with Gasteiger partial charge in [-0.25, -0.2) is 0 Å². The molecule has 2 aromatic carbocycles. The first kappa shape index (κ1) is 20.4. The Labute approximate surface area is 160 Å². The van der Waals surface area contributed by atoms with Crippen molar-refractivity contribution < 1.29 is 14.6 Å². The number of carbonyl (C=O) groups excluding carboxylic acids is 1. The summed E-state index contributed by atoms with van der Waals surface area (Å²) in [4.78, 5) is 12.6. The van der Waals surface area contributed by atoms with Crippen molar-refractivity contribution in [1.29, 1.82) is 0 Å². The third-order valence-electron chi connectivity index (χ3n) is 3.96. The van der Waals surface area contributed by atoms with Gasteiger partial charge in [0, 0.05) is 18.0 Å². The lowest BCUT2D eigenvalue weighted by atomic mass is 10.0. The smallest absolute Gasteiger partial charge is 0.166 e. The Bertz CT molecular complexity index is 691. The summed E-state index contributed by atoms with van der Waals surface area (Å²) in [7, 11) is 0. The lowest BCUT2D eigenvalue weighted by molar-refractivity contribution is 0.0950. The van der Waals surface area contributed by atoms with Crippen molar-refractivity contribution in [2.75, 3.05) is 19.7 Å². The minimum Gasteiger partial charge on any atom is -0.490 e. The minimum absolute atomic E-state index is 0.0232. The summed E-state index contributed by atoms with van der Waals surface area (Å²) in [6.45, 7) is 3.49. The number of aryl methyl sites for hydroxylation is 1. The molecule has 0 spiro atoms. The van der Waals surface area contributed by atoms with Crippen LogP contribution < -0.4 is 10.1 Å². The zero-order valence-corrected chi connectivity index (χ0v) is 15.8. The second-order valence-corrected chi connectivity index (χ2v) is 6.65. The Hall–Kier alpha value is -1.88. The van der Waals surface area contributed by atoms with E-state index in [0.29, 0.717) is 35.7 Å². The first-order chi connectivity index (χ1) is 12.6. The summed E-state index contributed by atoms with van der Waals surface area (Å²) in [5.41, 5.74) is 1.57. The zero-order chi connectivity index (χ0) is 18.8. The molecule has 2 N–H and O–H groups in total. The SMILES string of the molecule is CCCNCC(O)COc1ccc(Cl)cc1C(=O)CCc1ccccc1. The van der Waals surface area contributed by atoms with E-state index >= 15 is 0 Å². The monoisotopic (exact) mass is 375 g/mol. The summed E-state index contributed by atoms with van der Waals surface area (Å²) in [6.07, 6.45) is 1.41. The number of aliphatic hydroxyl groups excluding tert-OH is 1. The fraction of sp³-hybridized carbons (Fsp3) is 0.381. The lowest BCUT2D eigenvalue weighted by Gasteiger charge is -2.15. The summed E-state index contributed by atoms with van der Waals surface area (Å²) in [5, 5.41) is 13.6. The first-order valence-corrected chi connectivity index (χ1v) is 9.36. The van der Waals surface area contributed by atoms with Gasteiger partial charge in [-0.2, -0.15) is 0 Å². The topological polar surface area (TPSA) is 58.6 Å². The van der Waals surface area contributed by atoms with Crippen LogP contribution in [-0.2, 0) is 6.42 Å². The van der Waals surface area contributed by atoms with Crippen LogP contribution in [0.15, 0.2) is 48.5 Å². The number of halogens is 1. The molecule has 0 saturated heterocycles. The normalized spacial score (nSPS) is 12.0. The van der Waals surface area contributed by atoms with Crippen LogP contribution in [0.3, 0.4) is 0 Å². The van der Waals surface area contributed by atoms with Crippen molar-refractivity contribution >= 4 is 17.4 Å². The number of Topliss-reactive ketones (excluding diaryl/α,β-unsaturated/α-hetero) is 1. The number of aliphatic hydroxyl groups is 1. The molecule has 0 aliphatic carbocycles. The molecule has 0 heterocycles. The van der Waals surface area contributed by atoms with Gasteiger partial charge in [-0.3, -0.25) is 4.79 Å². The molecule has 0 saturated carbocycles. The van der Waals surface area contributed by atoms with E-state index in [9.17, 15) is 9.90 Å². The third-order valence-corrected chi connectivity index (χ3v) is 4.20. The van der Waals surface area contributed by atoms with Crippen LogP contribution in [0, 0.1) is 0 Å². The summed E-state index contributed by atoms with van der Waals surface area (Å²) in [5.74, 6) is 0.437. The number of nitrogens with one attached hydrogen (secondary N) is 1. The van der Waals surface area contributed by atoms with Crippen LogP contribution in [-0.4, -0.2) is 36.7 Å². The molecule has 2 aromatic rings. The van der Waals surface area contributed by atoms with Crippen molar-refractivity contribution in [2.45, 2.75) is 32.3 Å². The molecule has 0 radical (unpaired) electrons. The van der Waals surface area contributed by atoms with Crippen LogP contribution in [0.5, 0.6) is 5.75 Å². The van der Waals surface area contributed by atoms with Crippen molar-refractivity contribution in [3.63, 3.8) is 0 Å². The number of rotatable bonds is 11. The number of benzene rings is 2. The summed E-state index contributed by atoms with van der Waals surface area (Å²) in [6, 6.07) is 14.9. The molecule has 0 bridgehead atoms. The van der Waals surface area contributed by atoms with Gasteiger partial charge >= 0.3 is 0 Å². The summed E-state index contributed by atoms with van der Waals surface area (Å²) < 4.78 is 5.69. The number of hydrogen-bond donors (Lipinski definition) is 2. The maximum absolute atomic E-state index is 12.6. The third kappa shape index (κ3) is 6.79. The average Bonchev–Trinajstić information content (AvgIpc) is 2.66. The Morgan fingerprint density at radius 3 is 2.73 bits per heavy atom. The highest BCUT2D eigenvalue weighted by Crippen LogP contribution is 2.25. The number of hydrogen-bond acceptors (Lipinski definition) is 4. The Morgan fingerprint density at radius 1 is 1.23 bits per heavy atom. The van der Waals surface area contributed by atoms with Crippen molar-refractivity contribution in [3.05, 3.63) is 64.7 Å². The van der Waals surface area contributed by atoms with Crippen LogP contribution >= 0.6 is 11.6 Å². The van der Waals surface area contributed by atoms with Gasteiger partial charge in [0.05, 0.1) is 5.56 Å². The second-order valence-electron chi connectivity index (χ2n) is 6.22. The van der Waals surface area contributed by atoms with Crippen molar-refractivity contribution in [2.24, 2.45) is 0 Å². The number of carbonyl (C=O) groups is 1. The Morgan fingerprint density at radius 2 is 2.00 bits per heavy atom. The molecule has 2 rings (SSSR count). The van der Waals surface area contributed by atoms with Gasteiger partial charge in [0.1, 0.15) is 18.5 Å². The van der Waals surface area contributed by atoms with E-state index in [0.717, 1.165) is 18.5 Å². The van der Waals surface area contributed by atoms with Gasteiger partial charge in [-0.15, -0.1) is 0 Å². The van der Waals surface area contributed by atoms with Gasteiger partial charge in [0.25, 0.3) is 0 Å². The molecule has 0 aromatic heterocycles. The van der Waals surface area contributed by atoms with E-state index in [4.69, 9.17) is 16.3 Å². The molecule has 5 heteroatoms. The highest BCUT2D eigenvalue weighted by molar-refractivity contribution is 6.31. The summed E-state index contributed by atoms with van der Waals surface area (Å²) >= 11 is 6.06. The number of ether oxygens (including phenoxy) is 1. The van der Waals surface area contributed by atoms with Crippen LogP contribution in [0.2, 0.25) is 5.02 Å². The molecule has 1 unspecified atom stereocenters. The highest BCUT2D eigenvalue weighted by atomic mass is 35.5. The van der Waals surface area contributed by atoms with Gasteiger partial charge in [0.2, 0.25) is 0 Å². The highest BCUT2D eigenvalue weighted by Gasteiger charge is 2.15. The van der Waals surface area contributed by atoms with Crippen LogP contribution in [0.1, 0.15) is 35.7 Å². The molecular formula is C21H26ClNO3. The zero-order valence-electron chi connectivity index (χ0n) is 15.1. The first-order valence-electron chi connectivity index (χ1n) is 8.98. The fourth-order valence-corrected chi connectivity index (χ4v) is 2.75. The van der Waals surface area contributed by atoms with E-state index in [1.54, 1.807) is 18.2 Å². The van der Waals surface area contributed by atoms with Crippen molar-refractivity contribution in [3.8, 4) is 5.75 Å². The standard InChI is InChI=1S/C21H26ClNO3/c1-2-12-23-14-18(24)15-26-21-11-9-17(22)13-19(21)20(25)10-8-16-6-4-3-5-7-16/h3-7,9,11,13,18,23-24H,2,8,10,12,14-15H2,1H3. The number of ketones is 1. The lowest BCUT2D eigenvalue weighted by Crippen LogP contribution is -2.32. The second kappa shape index (κ2) is 11.0. The van der Waals surface area contributed by atoms with Crippen LogP contribution in [0.4, 0.5) is 0 Å². The molecule has 1 atom stereocenters. The molecule has 0 amide bonds. The molecule has 140 valence electrons. The molecular weight excluding hydrogens is 350 g/mol. The molecule has 26 heavy (non-hydrogen) atoms. The Kier molecular flexibility index (Phi) is 8.62. The van der Waals surface area contributed by atoms with E-state index in [1.807, 2.05) is 30.3 Å². The molecule has 0 fully saturated rings. The van der Waals surface area contributed by atoms with Gasteiger partial charge in [0.15, 0.2) is 5.78 Å². The van der Waals surface area contributed by atoms with Gasteiger partial charge < -0.3 is 15.2 Å². The minimum atomic E-state index is -0.635. The quantitative estimate of drug-likeness (QED) is 0.462. The van der Waals surface area contributed by atoms with Gasteiger partial charge in [-0.1, -0.05) is 48.9 Å². The van der Waals surface area contributed by atoms with E-state index in [-0.39, 0.29) is 12.4 Å². The fourth-order valence-electron chi connectivity index (χ4n) is 2.57. The largest absolute Gasteiger partial charge is 0.490 e. The predicted octanol–water partition coefficient (Wildman–Crippen LogP) is 3.89. The molecule has 0 aliphatic rings. The van der Waals surface area contributed by atoms with E-state index in [1.165, 1.54) is 0 Å². The van der Waals surface area contributed by atoms with Gasteiger partial charge in [-0.05, 0) is 43.1 Å². The average molecular weight is 376 g/mol. The van der Waals surface area contributed by atoms with E-state index < -0.39 is 6.10 Å². The van der Waals surface area contributed by atoms with Crippen molar-refractivity contribution in [1.82, 2.24) is 5.32 Å². The molecule has 4 nitrogen and oxygen atoms in total. The Balaban J connectivity index is 1.96. The molecule has 0 aliphatic heterocycles. The van der Waals surface area contributed by atoms with Crippen LogP contribution in [0.25, 0.3) is 0 Å². The van der Waals surface area contributed by atoms with E-state index in [2.05, 4.69) is 12.2 Å². The maximum atomic E-state index is 12.6. The predicted molar refractivity (Wildman–Crippen MR) is 105 cm³/mol. The maximum Gasteiger partial charge on any atom is 0.166 e.